The number of carbonyl (C=O) groups excluding carboxylic acids is 1. The minimum Gasteiger partial charge on any atom is -0.469 e. The second-order valence-electron chi connectivity index (χ2n) is 3.82. The molecule has 0 amide bonds. The van der Waals surface area contributed by atoms with E-state index >= 15 is 0 Å². The van der Waals surface area contributed by atoms with Crippen molar-refractivity contribution in [3.8, 4) is 0 Å². The zero-order valence-corrected chi connectivity index (χ0v) is 8.49. The lowest BCUT2D eigenvalue weighted by atomic mass is 9.97. The molecule has 1 fully saturated rings. The molecule has 1 rings (SSSR count). The zero-order chi connectivity index (χ0) is 10.1. The third kappa shape index (κ3) is 2.19. The van der Waals surface area contributed by atoms with Crippen LogP contribution in [0.5, 0.6) is 0 Å². The molecule has 1 saturated heterocycles. The second-order valence-corrected chi connectivity index (χ2v) is 3.82. The predicted molar refractivity (Wildman–Crippen MR) is 46.1 cm³/mol. The Bertz CT molecular complexity index is 200. The van der Waals surface area contributed by atoms with Crippen LogP contribution in [-0.4, -0.2) is 32.1 Å². The van der Waals surface area contributed by atoms with Crippen molar-refractivity contribution in [2.24, 2.45) is 5.92 Å². The van der Waals surface area contributed by atoms with Crippen LogP contribution in [0.2, 0.25) is 0 Å². The Morgan fingerprint density at radius 1 is 1.46 bits per heavy atom. The summed E-state index contributed by atoms with van der Waals surface area (Å²) in [5.41, 5.74) is -0.306. The molecule has 0 saturated carbocycles. The van der Waals surface area contributed by atoms with Gasteiger partial charge in [0.25, 0.3) is 0 Å². The highest BCUT2D eigenvalue weighted by Crippen LogP contribution is 2.35. The summed E-state index contributed by atoms with van der Waals surface area (Å²) in [6, 6.07) is 0. The first-order valence-electron chi connectivity index (χ1n) is 4.28. The lowest BCUT2D eigenvalue weighted by Crippen LogP contribution is -2.26. The summed E-state index contributed by atoms with van der Waals surface area (Å²) in [5.74, 6) is -0.567. The van der Waals surface area contributed by atoms with E-state index in [1.54, 1.807) is 0 Å². The molecule has 4 nitrogen and oxygen atoms in total. The summed E-state index contributed by atoms with van der Waals surface area (Å²) in [6.45, 7) is 3.86. The van der Waals surface area contributed by atoms with Crippen LogP contribution in [0.15, 0.2) is 0 Å². The maximum Gasteiger partial charge on any atom is 0.313 e. The number of ether oxygens (including phenoxy) is 3. The van der Waals surface area contributed by atoms with E-state index in [1.807, 2.05) is 13.8 Å². The molecule has 0 N–H and O–H groups in total. The molecule has 0 aromatic rings. The third-order valence-corrected chi connectivity index (χ3v) is 2.21. The maximum atomic E-state index is 11.3. The van der Waals surface area contributed by atoms with E-state index in [9.17, 15) is 4.79 Å². The van der Waals surface area contributed by atoms with E-state index in [2.05, 4.69) is 4.74 Å². The van der Waals surface area contributed by atoms with Gasteiger partial charge in [-0.1, -0.05) is 0 Å². The molecule has 1 heterocycles. The Labute approximate surface area is 78.2 Å². The van der Waals surface area contributed by atoms with Crippen molar-refractivity contribution < 1.29 is 19.0 Å². The number of rotatable bonds is 2. The number of esters is 1. The van der Waals surface area contributed by atoms with Crippen LogP contribution >= 0.6 is 0 Å². The van der Waals surface area contributed by atoms with Crippen LogP contribution < -0.4 is 0 Å². The van der Waals surface area contributed by atoms with Gasteiger partial charge in [0.05, 0.1) is 12.7 Å². The maximum absolute atomic E-state index is 11.3. The van der Waals surface area contributed by atoms with Gasteiger partial charge in [0, 0.05) is 7.11 Å². The minimum absolute atomic E-state index is 0.266. The van der Waals surface area contributed by atoms with Crippen molar-refractivity contribution in [3.63, 3.8) is 0 Å². The van der Waals surface area contributed by atoms with E-state index < -0.39 is 6.29 Å². The fraction of sp³-hybridized carbons (Fsp3) is 0.889. The summed E-state index contributed by atoms with van der Waals surface area (Å²) >= 11 is 0. The molecule has 1 aliphatic heterocycles. The normalized spacial score (nSPS) is 31.7. The van der Waals surface area contributed by atoms with Crippen molar-refractivity contribution in [1.29, 1.82) is 0 Å². The van der Waals surface area contributed by atoms with E-state index in [1.165, 1.54) is 14.2 Å². The first kappa shape index (κ1) is 10.5. The molecular formula is C9H16O4. The molecule has 0 aliphatic carbocycles. The summed E-state index contributed by atoms with van der Waals surface area (Å²) in [7, 11) is 2.91. The highest BCUT2D eigenvalue weighted by molar-refractivity contribution is 5.73. The van der Waals surface area contributed by atoms with Crippen LogP contribution in [0, 0.1) is 5.92 Å². The van der Waals surface area contributed by atoms with E-state index in [0.29, 0.717) is 6.42 Å². The van der Waals surface area contributed by atoms with Crippen molar-refractivity contribution in [2.75, 3.05) is 14.2 Å². The molecule has 0 bridgehead atoms. The van der Waals surface area contributed by atoms with Gasteiger partial charge in [-0.05, 0) is 20.3 Å². The Hall–Kier alpha value is -0.610. The number of methoxy groups -OCH3 is 2. The van der Waals surface area contributed by atoms with Gasteiger partial charge in [-0.3, -0.25) is 4.79 Å². The van der Waals surface area contributed by atoms with Crippen LogP contribution in [-0.2, 0) is 19.0 Å². The molecular weight excluding hydrogens is 172 g/mol. The number of hydrogen-bond donors (Lipinski definition) is 0. The molecule has 0 unspecified atom stereocenters. The van der Waals surface area contributed by atoms with Gasteiger partial charge in [0.2, 0.25) is 0 Å². The molecule has 13 heavy (non-hydrogen) atoms. The van der Waals surface area contributed by atoms with Crippen LogP contribution in [0.25, 0.3) is 0 Å². The highest BCUT2D eigenvalue weighted by Gasteiger charge is 2.45. The average molecular weight is 188 g/mol. The first-order valence-corrected chi connectivity index (χ1v) is 4.28. The topological polar surface area (TPSA) is 44.8 Å². The highest BCUT2D eigenvalue weighted by atomic mass is 16.7. The van der Waals surface area contributed by atoms with Crippen LogP contribution in [0.4, 0.5) is 0 Å². The third-order valence-electron chi connectivity index (χ3n) is 2.21. The summed E-state index contributed by atoms with van der Waals surface area (Å²) < 4.78 is 15.2. The van der Waals surface area contributed by atoms with Crippen molar-refractivity contribution >= 4 is 5.97 Å². The van der Waals surface area contributed by atoms with Crippen LogP contribution in [0.1, 0.15) is 20.3 Å². The van der Waals surface area contributed by atoms with E-state index in [-0.39, 0.29) is 17.5 Å². The van der Waals surface area contributed by atoms with Gasteiger partial charge in [-0.25, -0.2) is 0 Å². The zero-order valence-electron chi connectivity index (χ0n) is 8.49. The quantitative estimate of drug-likeness (QED) is 0.605. The first-order chi connectivity index (χ1) is 6.00. The van der Waals surface area contributed by atoms with Gasteiger partial charge < -0.3 is 14.2 Å². The Morgan fingerprint density at radius 2 is 2.08 bits per heavy atom. The Morgan fingerprint density at radius 3 is 2.54 bits per heavy atom. The summed E-state index contributed by atoms with van der Waals surface area (Å²) in [4.78, 5) is 11.3. The van der Waals surface area contributed by atoms with Gasteiger partial charge in [-0.2, -0.15) is 0 Å². The summed E-state index contributed by atoms with van der Waals surface area (Å²) in [6.07, 6.45) is 0.167. The van der Waals surface area contributed by atoms with Crippen molar-refractivity contribution in [1.82, 2.24) is 0 Å². The average Bonchev–Trinajstić information content (AvgIpc) is 2.39. The number of carbonyl (C=O) groups is 1. The van der Waals surface area contributed by atoms with Crippen molar-refractivity contribution in [2.45, 2.75) is 32.2 Å². The largest absolute Gasteiger partial charge is 0.469 e. The lowest BCUT2D eigenvalue weighted by molar-refractivity contribution is -0.173. The number of hydrogen-bond acceptors (Lipinski definition) is 4. The van der Waals surface area contributed by atoms with Gasteiger partial charge in [0.1, 0.15) is 5.92 Å². The van der Waals surface area contributed by atoms with E-state index in [0.717, 1.165) is 0 Å². The Balaban J connectivity index is 2.69. The predicted octanol–water partition coefficient (Wildman–Crippen LogP) is 0.947. The molecule has 0 radical (unpaired) electrons. The second kappa shape index (κ2) is 3.64. The SMILES string of the molecule is COC(=O)[C@H]1CC(C)(C)O[C@@H]1OC. The molecule has 0 spiro atoms. The molecule has 4 heteroatoms. The van der Waals surface area contributed by atoms with Gasteiger partial charge in [-0.15, -0.1) is 0 Å². The standard InChI is InChI=1S/C9H16O4/c1-9(2)5-6(7(10)11-3)8(12-4)13-9/h6,8H,5H2,1-4H3/t6-,8+/m1/s1. The molecule has 0 aromatic heterocycles. The summed E-state index contributed by atoms with van der Waals surface area (Å²) in [5, 5.41) is 0. The molecule has 76 valence electrons. The molecule has 1 aliphatic rings. The lowest BCUT2D eigenvalue weighted by Gasteiger charge is -2.17. The Kier molecular flexibility index (Phi) is 2.93. The van der Waals surface area contributed by atoms with Gasteiger partial charge >= 0.3 is 5.97 Å². The molecule has 2 atom stereocenters. The van der Waals surface area contributed by atoms with Gasteiger partial charge in [0.15, 0.2) is 6.29 Å². The fourth-order valence-corrected chi connectivity index (χ4v) is 1.63. The fourth-order valence-electron chi connectivity index (χ4n) is 1.63. The monoisotopic (exact) mass is 188 g/mol. The van der Waals surface area contributed by atoms with Crippen LogP contribution in [0.3, 0.4) is 0 Å². The molecule has 0 aromatic carbocycles. The minimum atomic E-state index is -0.470. The van der Waals surface area contributed by atoms with Crippen molar-refractivity contribution in [3.05, 3.63) is 0 Å². The smallest absolute Gasteiger partial charge is 0.313 e. The van der Waals surface area contributed by atoms with E-state index in [4.69, 9.17) is 9.47 Å².